The summed E-state index contributed by atoms with van der Waals surface area (Å²) in [5.41, 5.74) is 0.838. The van der Waals surface area contributed by atoms with Crippen LogP contribution in [0.3, 0.4) is 0 Å². The maximum Gasteiger partial charge on any atom is 0.416 e. The zero-order chi connectivity index (χ0) is 25.3. The molecule has 1 aromatic heterocycles. The fourth-order valence-corrected chi connectivity index (χ4v) is 5.68. The number of carbonyl (C=O) groups is 1. The average Bonchev–Trinajstić information content (AvgIpc) is 2.88. The second-order valence-corrected chi connectivity index (χ2v) is 9.82. The molecule has 2 saturated heterocycles. The minimum Gasteiger partial charge on any atom is -0.478 e. The SMILES string of the molecule is Cl.O=C(O)c1c(CN2CCC(N3CCCCC3)CC2)c(-c2cccc(C(F)(F)F)c2)nc2ccccc12. The van der Waals surface area contributed by atoms with E-state index >= 15 is 0 Å². The summed E-state index contributed by atoms with van der Waals surface area (Å²) in [6, 6.07) is 12.5. The van der Waals surface area contributed by atoms with Crippen molar-refractivity contribution in [3.63, 3.8) is 0 Å². The zero-order valence-corrected chi connectivity index (χ0v) is 21.3. The summed E-state index contributed by atoms with van der Waals surface area (Å²) < 4.78 is 40.4. The Hall–Kier alpha value is -2.68. The third-order valence-corrected chi connectivity index (χ3v) is 7.52. The van der Waals surface area contributed by atoms with Gasteiger partial charge in [0.1, 0.15) is 0 Å². The van der Waals surface area contributed by atoms with Crippen LogP contribution in [0.4, 0.5) is 13.2 Å². The number of aromatic carboxylic acids is 1. The molecule has 0 atom stereocenters. The molecule has 1 N–H and O–H groups in total. The maximum atomic E-state index is 13.5. The number of alkyl halides is 3. The van der Waals surface area contributed by atoms with Gasteiger partial charge < -0.3 is 10.0 Å². The van der Waals surface area contributed by atoms with Gasteiger partial charge >= 0.3 is 12.1 Å². The normalized spacial score (nSPS) is 18.0. The van der Waals surface area contributed by atoms with E-state index in [4.69, 9.17) is 4.98 Å². The number of carboxylic acid groups (broad SMARTS) is 1. The van der Waals surface area contributed by atoms with Gasteiger partial charge in [0.15, 0.2) is 0 Å². The quantitative estimate of drug-likeness (QED) is 0.406. The van der Waals surface area contributed by atoms with Gasteiger partial charge in [0.25, 0.3) is 0 Å². The van der Waals surface area contributed by atoms with Crippen LogP contribution < -0.4 is 0 Å². The Morgan fingerprint density at radius 2 is 1.68 bits per heavy atom. The van der Waals surface area contributed by atoms with Crippen molar-refractivity contribution in [3.8, 4) is 11.3 Å². The molecule has 0 radical (unpaired) electrons. The molecule has 0 bridgehead atoms. The Balaban J connectivity index is 0.00000320. The van der Waals surface area contributed by atoms with E-state index in [0.29, 0.717) is 34.7 Å². The van der Waals surface area contributed by atoms with Crippen molar-refractivity contribution in [2.45, 2.75) is 50.9 Å². The van der Waals surface area contributed by atoms with Crippen LogP contribution in [0.5, 0.6) is 0 Å². The highest BCUT2D eigenvalue weighted by Crippen LogP contribution is 2.36. The van der Waals surface area contributed by atoms with Gasteiger partial charge in [-0.3, -0.25) is 4.90 Å². The first kappa shape index (κ1) is 27.4. The van der Waals surface area contributed by atoms with Crippen molar-refractivity contribution >= 4 is 29.3 Å². The summed E-state index contributed by atoms with van der Waals surface area (Å²) in [7, 11) is 0. The summed E-state index contributed by atoms with van der Waals surface area (Å²) in [6.07, 6.45) is 1.28. The number of para-hydroxylation sites is 1. The fraction of sp³-hybridized carbons (Fsp3) is 0.429. The molecule has 2 aliphatic heterocycles. The Labute approximate surface area is 220 Å². The number of likely N-dealkylation sites (tertiary alicyclic amines) is 2. The molecule has 5 rings (SSSR count). The Bertz CT molecular complexity index is 1250. The molecule has 0 aliphatic carbocycles. The lowest BCUT2D eigenvalue weighted by molar-refractivity contribution is -0.137. The summed E-state index contributed by atoms with van der Waals surface area (Å²) in [5.74, 6) is -1.10. The van der Waals surface area contributed by atoms with Crippen LogP contribution in [0.15, 0.2) is 48.5 Å². The molecule has 37 heavy (non-hydrogen) atoms. The molecule has 0 amide bonds. The van der Waals surface area contributed by atoms with E-state index in [1.807, 2.05) is 0 Å². The number of fused-ring (bicyclic) bond motifs is 1. The van der Waals surface area contributed by atoms with Crippen LogP contribution in [-0.2, 0) is 12.7 Å². The molecule has 5 nitrogen and oxygen atoms in total. The first-order valence-corrected chi connectivity index (χ1v) is 12.6. The molecule has 3 heterocycles. The number of aromatic nitrogens is 1. The monoisotopic (exact) mass is 533 g/mol. The highest BCUT2D eigenvalue weighted by Gasteiger charge is 2.32. The van der Waals surface area contributed by atoms with Crippen LogP contribution in [-0.4, -0.2) is 58.1 Å². The third kappa shape index (κ3) is 5.92. The summed E-state index contributed by atoms with van der Waals surface area (Å²) in [5, 5.41) is 10.7. The Morgan fingerprint density at radius 3 is 2.35 bits per heavy atom. The van der Waals surface area contributed by atoms with Gasteiger partial charge in [0, 0.05) is 29.1 Å². The van der Waals surface area contributed by atoms with Crippen LogP contribution >= 0.6 is 12.4 Å². The molecular formula is C28H31ClF3N3O2. The molecule has 2 fully saturated rings. The van der Waals surface area contributed by atoms with Crippen molar-refractivity contribution in [1.82, 2.24) is 14.8 Å². The second kappa shape index (κ2) is 11.4. The Morgan fingerprint density at radius 1 is 0.973 bits per heavy atom. The number of piperidine rings is 2. The molecule has 0 unspecified atom stereocenters. The summed E-state index contributed by atoms with van der Waals surface area (Å²) in [6.45, 7) is 4.24. The number of hydrogen-bond acceptors (Lipinski definition) is 4. The lowest BCUT2D eigenvalue weighted by atomic mass is 9.94. The molecular weight excluding hydrogens is 503 g/mol. The number of pyridine rings is 1. The van der Waals surface area contributed by atoms with Crippen molar-refractivity contribution in [2.75, 3.05) is 26.2 Å². The van der Waals surface area contributed by atoms with Gasteiger partial charge in [0.2, 0.25) is 0 Å². The van der Waals surface area contributed by atoms with E-state index < -0.39 is 17.7 Å². The topological polar surface area (TPSA) is 56.7 Å². The molecule has 198 valence electrons. The molecule has 2 aliphatic rings. The van der Waals surface area contributed by atoms with E-state index in [-0.39, 0.29) is 23.5 Å². The fourth-order valence-electron chi connectivity index (χ4n) is 5.68. The number of halogens is 4. The minimum atomic E-state index is -4.50. The van der Waals surface area contributed by atoms with Crippen molar-refractivity contribution in [2.24, 2.45) is 0 Å². The van der Waals surface area contributed by atoms with Crippen LogP contribution in [0.2, 0.25) is 0 Å². The van der Waals surface area contributed by atoms with Crippen molar-refractivity contribution in [1.29, 1.82) is 0 Å². The molecule has 9 heteroatoms. The second-order valence-electron chi connectivity index (χ2n) is 9.82. The predicted octanol–water partition coefficient (Wildman–Crippen LogP) is 6.49. The lowest BCUT2D eigenvalue weighted by Crippen LogP contribution is -2.46. The Kier molecular flexibility index (Phi) is 8.41. The van der Waals surface area contributed by atoms with Crippen LogP contribution in [0.25, 0.3) is 22.2 Å². The number of nitrogens with zero attached hydrogens (tertiary/aromatic N) is 3. The van der Waals surface area contributed by atoms with Gasteiger partial charge in [-0.25, -0.2) is 9.78 Å². The van der Waals surface area contributed by atoms with Gasteiger partial charge in [-0.15, -0.1) is 12.4 Å². The molecule has 2 aromatic carbocycles. The van der Waals surface area contributed by atoms with Crippen LogP contribution in [0, 0.1) is 0 Å². The van der Waals surface area contributed by atoms with E-state index in [1.165, 1.54) is 25.3 Å². The molecule has 0 saturated carbocycles. The number of rotatable bonds is 5. The van der Waals surface area contributed by atoms with Gasteiger partial charge in [0.05, 0.1) is 22.3 Å². The zero-order valence-electron chi connectivity index (χ0n) is 20.5. The van der Waals surface area contributed by atoms with Gasteiger partial charge in [-0.05, 0) is 70.1 Å². The third-order valence-electron chi connectivity index (χ3n) is 7.52. The predicted molar refractivity (Wildman–Crippen MR) is 140 cm³/mol. The summed E-state index contributed by atoms with van der Waals surface area (Å²) >= 11 is 0. The van der Waals surface area contributed by atoms with E-state index in [1.54, 1.807) is 30.3 Å². The number of hydrogen-bond donors (Lipinski definition) is 1. The van der Waals surface area contributed by atoms with Crippen molar-refractivity contribution in [3.05, 3.63) is 65.2 Å². The van der Waals surface area contributed by atoms with Gasteiger partial charge in [-0.2, -0.15) is 13.2 Å². The first-order valence-electron chi connectivity index (χ1n) is 12.6. The van der Waals surface area contributed by atoms with E-state index in [9.17, 15) is 23.1 Å². The van der Waals surface area contributed by atoms with Gasteiger partial charge in [-0.1, -0.05) is 36.8 Å². The smallest absolute Gasteiger partial charge is 0.416 e. The minimum absolute atomic E-state index is 0. The van der Waals surface area contributed by atoms with Crippen LogP contribution in [0.1, 0.15) is 53.6 Å². The first-order chi connectivity index (χ1) is 17.3. The summed E-state index contributed by atoms with van der Waals surface area (Å²) in [4.78, 5) is 22.0. The molecule has 3 aromatic rings. The number of benzene rings is 2. The van der Waals surface area contributed by atoms with E-state index in [2.05, 4.69) is 9.80 Å². The van der Waals surface area contributed by atoms with E-state index in [0.717, 1.165) is 51.2 Å². The standard InChI is InChI=1S/C28H30F3N3O2.ClH/c29-28(30,31)20-8-6-7-19(17-20)26-23(25(27(35)36)22-9-2-3-10-24(22)32-26)18-33-15-11-21(12-16-33)34-13-4-1-5-14-34;/h2-3,6-10,17,21H,1,4-5,11-16,18H2,(H,35,36);1H. The molecule has 0 spiro atoms. The largest absolute Gasteiger partial charge is 0.478 e. The number of carboxylic acids is 1. The highest BCUT2D eigenvalue weighted by molar-refractivity contribution is 6.05. The lowest BCUT2D eigenvalue weighted by Gasteiger charge is -2.40. The average molecular weight is 534 g/mol. The highest BCUT2D eigenvalue weighted by atomic mass is 35.5. The maximum absolute atomic E-state index is 13.5. The van der Waals surface area contributed by atoms with Crippen molar-refractivity contribution < 1.29 is 23.1 Å².